The predicted molar refractivity (Wildman–Crippen MR) is 69.4 cm³/mol. The van der Waals surface area contributed by atoms with Crippen LogP contribution in [-0.4, -0.2) is 9.97 Å². The van der Waals surface area contributed by atoms with E-state index >= 15 is 0 Å². The van der Waals surface area contributed by atoms with Gasteiger partial charge in [-0.05, 0) is 27.9 Å². The van der Waals surface area contributed by atoms with Gasteiger partial charge in [-0.25, -0.2) is 9.37 Å². The third kappa shape index (κ3) is 2.23. The van der Waals surface area contributed by atoms with E-state index in [1.807, 2.05) is 0 Å². The first-order chi connectivity index (χ1) is 8.22. The fourth-order valence-electron chi connectivity index (χ4n) is 2.64. The molecule has 1 saturated carbocycles. The van der Waals surface area contributed by atoms with Gasteiger partial charge < -0.3 is 4.98 Å². The zero-order chi connectivity index (χ0) is 11.8. The van der Waals surface area contributed by atoms with Crippen LogP contribution in [0.3, 0.4) is 0 Å². The lowest BCUT2D eigenvalue weighted by Gasteiger charge is -2.04. The SMILES string of the molecule is Fc1cc2[nH]c(CC3CCCC3)nc2cc1Br. The molecule has 0 atom stereocenters. The molecule has 1 aromatic carbocycles. The lowest BCUT2D eigenvalue weighted by Crippen LogP contribution is -2.00. The van der Waals surface area contributed by atoms with E-state index in [0.29, 0.717) is 4.47 Å². The quantitative estimate of drug-likeness (QED) is 0.884. The van der Waals surface area contributed by atoms with Gasteiger partial charge in [-0.15, -0.1) is 0 Å². The highest BCUT2D eigenvalue weighted by Crippen LogP contribution is 2.28. The van der Waals surface area contributed by atoms with Gasteiger partial charge in [0, 0.05) is 12.5 Å². The molecule has 4 heteroatoms. The molecule has 1 aliphatic carbocycles. The van der Waals surface area contributed by atoms with Crippen LogP contribution in [0.1, 0.15) is 31.5 Å². The Bertz CT molecular complexity index is 505. The summed E-state index contributed by atoms with van der Waals surface area (Å²) in [5.74, 6) is 1.50. The van der Waals surface area contributed by atoms with Crippen LogP contribution in [0, 0.1) is 11.7 Å². The number of benzene rings is 1. The summed E-state index contributed by atoms with van der Waals surface area (Å²) in [6.45, 7) is 0. The van der Waals surface area contributed by atoms with E-state index in [-0.39, 0.29) is 5.82 Å². The van der Waals surface area contributed by atoms with Gasteiger partial charge >= 0.3 is 0 Å². The lowest BCUT2D eigenvalue weighted by atomic mass is 10.0. The summed E-state index contributed by atoms with van der Waals surface area (Å²) in [7, 11) is 0. The van der Waals surface area contributed by atoms with Gasteiger partial charge in [0.25, 0.3) is 0 Å². The van der Waals surface area contributed by atoms with Gasteiger partial charge in [0.1, 0.15) is 11.6 Å². The lowest BCUT2D eigenvalue weighted by molar-refractivity contribution is 0.534. The fourth-order valence-corrected chi connectivity index (χ4v) is 2.97. The zero-order valence-electron chi connectivity index (χ0n) is 9.47. The Morgan fingerprint density at radius 3 is 2.88 bits per heavy atom. The minimum Gasteiger partial charge on any atom is -0.342 e. The second-order valence-corrected chi connectivity index (χ2v) is 5.68. The molecule has 90 valence electrons. The van der Waals surface area contributed by atoms with Crippen LogP contribution in [0.2, 0.25) is 0 Å². The highest BCUT2D eigenvalue weighted by atomic mass is 79.9. The van der Waals surface area contributed by atoms with Crippen molar-refractivity contribution in [3.8, 4) is 0 Å². The molecule has 1 fully saturated rings. The molecule has 0 radical (unpaired) electrons. The summed E-state index contributed by atoms with van der Waals surface area (Å²) in [6.07, 6.45) is 6.27. The fraction of sp³-hybridized carbons (Fsp3) is 0.462. The molecule has 2 nitrogen and oxygen atoms in total. The van der Waals surface area contributed by atoms with Crippen molar-refractivity contribution in [2.24, 2.45) is 5.92 Å². The smallest absolute Gasteiger partial charge is 0.139 e. The maximum absolute atomic E-state index is 13.4. The minimum atomic E-state index is -0.242. The Labute approximate surface area is 108 Å². The van der Waals surface area contributed by atoms with Crippen LogP contribution >= 0.6 is 15.9 Å². The Balaban J connectivity index is 1.90. The molecule has 17 heavy (non-hydrogen) atoms. The predicted octanol–water partition coefficient (Wildman–Crippen LogP) is 4.20. The van der Waals surface area contributed by atoms with E-state index in [9.17, 15) is 4.39 Å². The van der Waals surface area contributed by atoms with Crippen molar-refractivity contribution in [2.45, 2.75) is 32.1 Å². The molecular formula is C13H14BrFN2. The van der Waals surface area contributed by atoms with Crippen LogP contribution in [0.25, 0.3) is 11.0 Å². The molecule has 0 bridgehead atoms. The van der Waals surface area contributed by atoms with E-state index in [0.717, 1.165) is 29.2 Å². The topological polar surface area (TPSA) is 28.7 Å². The second kappa shape index (κ2) is 4.41. The number of nitrogens with one attached hydrogen (secondary N) is 1. The molecule has 0 spiro atoms. The average molecular weight is 297 g/mol. The van der Waals surface area contributed by atoms with Gasteiger partial charge in [0.2, 0.25) is 0 Å². The van der Waals surface area contributed by atoms with Crippen LogP contribution in [0.15, 0.2) is 16.6 Å². The standard InChI is InChI=1S/C13H14BrFN2/c14-9-6-11-12(7-10(9)15)17-13(16-11)5-8-3-1-2-4-8/h6-8H,1-5H2,(H,16,17). The summed E-state index contributed by atoms with van der Waals surface area (Å²) in [4.78, 5) is 7.74. The second-order valence-electron chi connectivity index (χ2n) is 4.82. The number of rotatable bonds is 2. The first-order valence-corrected chi connectivity index (χ1v) is 6.85. The number of imidazole rings is 1. The molecule has 1 aliphatic rings. The van der Waals surface area contributed by atoms with Crippen LogP contribution in [-0.2, 0) is 6.42 Å². The number of hydrogen-bond acceptors (Lipinski definition) is 1. The molecule has 0 aliphatic heterocycles. The minimum absolute atomic E-state index is 0.242. The number of H-pyrrole nitrogens is 1. The first-order valence-electron chi connectivity index (χ1n) is 6.06. The van der Waals surface area contributed by atoms with Crippen molar-refractivity contribution in [3.05, 3.63) is 28.2 Å². The summed E-state index contributed by atoms with van der Waals surface area (Å²) in [5, 5.41) is 0. The maximum atomic E-state index is 13.4. The zero-order valence-corrected chi connectivity index (χ0v) is 11.1. The van der Waals surface area contributed by atoms with Gasteiger partial charge in [0.15, 0.2) is 0 Å². The molecule has 3 rings (SSSR count). The summed E-state index contributed by atoms with van der Waals surface area (Å²) in [5.41, 5.74) is 1.63. The van der Waals surface area contributed by atoms with E-state index in [2.05, 4.69) is 25.9 Å². The van der Waals surface area contributed by atoms with E-state index in [1.165, 1.54) is 31.7 Å². The molecule has 0 saturated heterocycles. The van der Waals surface area contributed by atoms with Gasteiger partial charge in [-0.1, -0.05) is 25.7 Å². The van der Waals surface area contributed by atoms with Crippen LogP contribution < -0.4 is 0 Å². The number of nitrogens with zero attached hydrogens (tertiary/aromatic N) is 1. The van der Waals surface area contributed by atoms with E-state index in [1.54, 1.807) is 6.07 Å². The number of hydrogen-bond donors (Lipinski definition) is 1. The third-order valence-corrected chi connectivity index (χ3v) is 4.14. The summed E-state index contributed by atoms with van der Waals surface area (Å²) >= 11 is 3.18. The Kier molecular flexibility index (Phi) is 2.90. The highest BCUT2D eigenvalue weighted by molar-refractivity contribution is 9.10. The van der Waals surface area contributed by atoms with Crippen molar-refractivity contribution in [2.75, 3.05) is 0 Å². The Morgan fingerprint density at radius 2 is 2.12 bits per heavy atom. The van der Waals surface area contributed by atoms with Gasteiger partial charge in [-0.3, -0.25) is 0 Å². The Hall–Kier alpha value is -0.900. The summed E-state index contributed by atoms with van der Waals surface area (Å²) < 4.78 is 13.8. The molecule has 1 N–H and O–H groups in total. The molecular weight excluding hydrogens is 283 g/mol. The Morgan fingerprint density at radius 1 is 1.35 bits per heavy atom. The number of aromatic nitrogens is 2. The van der Waals surface area contributed by atoms with Crippen molar-refractivity contribution in [1.82, 2.24) is 9.97 Å². The first kappa shape index (κ1) is 11.2. The van der Waals surface area contributed by atoms with Crippen molar-refractivity contribution < 1.29 is 4.39 Å². The number of halogens is 2. The monoisotopic (exact) mass is 296 g/mol. The van der Waals surface area contributed by atoms with Crippen molar-refractivity contribution >= 4 is 27.0 Å². The average Bonchev–Trinajstić information content (AvgIpc) is 2.89. The van der Waals surface area contributed by atoms with Crippen LogP contribution in [0.5, 0.6) is 0 Å². The van der Waals surface area contributed by atoms with Crippen molar-refractivity contribution in [3.63, 3.8) is 0 Å². The molecule has 2 aromatic rings. The molecule has 0 unspecified atom stereocenters. The normalized spacial score (nSPS) is 17.1. The van der Waals surface area contributed by atoms with E-state index < -0.39 is 0 Å². The molecule has 1 aromatic heterocycles. The largest absolute Gasteiger partial charge is 0.342 e. The summed E-state index contributed by atoms with van der Waals surface area (Å²) in [6, 6.07) is 3.24. The van der Waals surface area contributed by atoms with Crippen LogP contribution in [0.4, 0.5) is 4.39 Å². The molecule has 1 heterocycles. The van der Waals surface area contributed by atoms with E-state index in [4.69, 9.17) is 0 Å². The highest BCUT2D eigenvalue weighted by Gasteiger charge is 2.17. The van der Waals surface area contributed by atoms with Crippen molar-refractivity contribution in [1.29, 1.82) is 0 Å². The number of aromatic amines is 1. The third-order valence-electron chi connectivity index (χ3n) is 3.53. The number of fused-ring (bicyclic) bond motifs is 1. The maximum Gasteiger partial charge on any atom is 0.139 e. The van der Waals surface area contributed by atoms with Gasteiger partial charge in [-0.2, -0.15) is 0 Å². The molecule has 0 amide bonds. The van der Waals surface area contributed by atoms with Gasteiger partial charge in [0.05, 0.1) is 15.5 Å².